The van der Waals surface area contributed by atoms with Crippen molar-refractivity contribution in [1.82, 2.24) is 4.90 Å². The minimum absolute atomic E-state index is 0.0223. The summed E-state index contributed by atoms with van der Waals surface area (Å²) in [5.74, 6) is 0.0223. The van der Waals surface area contributed by atoms with Crippen LogP contribution in [-0.2, 0) is 11.2 Å². The molecule has 0 fully saturated rings. The second kappa shape index (κ2) is 5.65. The molecule has 17 heavy (non-hydrogen) atoms. The fraction of sp³-hybridized carbons (Fsp3) is 0.615. The van der Waals surface area contributed by atoms with Gasteiger partial charge < -0.3 is 10.6 Å². The van der Waals surface area contributed by atoms with Crippen LogP contribution in [0.25, 0.3) is 0 Å². The minimum Gasteiger partial charge on any atom is -0.344 e. The summed E-state index contributed by atoms with van der Waals surface area (Å²) in [7, 11) is 1.82. The number of amides is 1. The predicted molar refractivity (Wildman–Crippen MR) is 73.1 cm³/mol. The Labute approximate surface area is 108 Å². The third-order valence-electron chi connectivity index (χ3n) is 2.85. The highest BCUT2D eigenvalue weighted by atomic mass is 32.1. The summed E-state index contributed by atoms with van der Waals surface area (Å²) >= 11 is 1.72. The molecule has 3 nitrogen and oxygen atoms in total. The number of thiophene rings is 1. The Hall–Kier alpha value is -0.870. The first kappa shape index (κ1) is 14.2. The summed E-state index contributed by atoms with van der Waals surface area (Å²) in [5, 5.41) is 2.05. The molecular weight excluding hydrogens is 232 g/mol. The van der Waals surface area contributed by atoms with Gasteiger partial charge in [0.15, 0.2) is 0 Å². The van der Waals surface area contributed by atoms with Crippen molar-refractivity contribution in [3.05, 3.63) is 22.4 Å². The zero-order valence-corrected chi connectivity index (χ0v) is 11.9. The van der Waals surface area contributed by atoms with Crippen molar-refractivity contribution in [3.63, 3.8) is 0 Å². The summed E-state index contributed by atoms with van der Waals surface area (Å²) in [6.07, 6.45) is 0.900. The average molecular weight is 254 g/mol. The van der Waals surface area contributed by atoms with Gasteiger partial charge in [0.05, 0.1) is 6.04 Å². The van der Waals surface area contributed by atoms with Gasteiger partial charge in [-0.2, -0.15) is 0 Å². The Bertz CT molecular complexity index is 354. The van der Waals surface area contributed by atoms with Crippen molar-refractivity contribution in [2.24, 2.45) is 11.1 Å². The Morgan fingerprint density at radius 2 is 2.18 bits per heavy atom. The molecule has 0 bridgehead atoms. The Balaban J connectivity index is 2.47. The minimum atomic E-state index is -0.434. The van der Waals surface area contributed by atoms with E-state index < -0.39 is 6.04 Å². The van der Waals surface area contributed by atoms with Crippen LogP contribution in [0, 0.1) is 5.41 Å². The number of carbonyl (C=O) groups excluding carboxylic acids is 1. The molecule has 1 rings (SSSR count). The van der Waals surface area contributed by atoms with E-state index >= 15 is 0 Å². The van der Waals surface area contributed by atoms with Crippen LogP contribution in [0.2, 0.25) is 0 Å². The molecule has 0 saturated heterocycles. The SMILES string of the molecule is CN(CCc1cccs1)C(=O)[C@H](N)C(C)(C)C. The van der Waals surface area contributed by atoms with E-state index in [0.717, 1.165) is 13.0 Å². The number of likely N-dealkylation sites (N-methyl/N-ethyl adjacent to an activating group) is 1. The molecule has 0 aromatic carbocycles. The number of hydrogen-bond acceptors (Lipinski definition) is 3. The number of nitrogens with zero attached hydrogens (tertiary/aromatic N) is 1. The zero-order chi connectivity index (χ0) is 13.1. The lowest BCUT2D eigenvalue weighted by Gasteiger charge is -2.29. The summed E-state index contributed by atoms with van der Waals surface area (Å²) < 4.78 is 0. The van der Waals surface area contributed by atoms with Crippen molar-refractivity contribution in [1.29, 1.82) is 0 Å². The fourth-order valence-electron chi connectivity index (χ4n) is 1.45. The Morgan fingerprint density at radius 3 is 2.65 bits per heavy atom. The van der Waals surface area contributed by atoms with Gasteiger partial charge in [-0.15, -0.1) is 11.3 Å². The summed E-state index contributed by atoms with van der Waals surface area (Å²) in [6, 6.07) is 3.69. The molecule has 0 unspecified atom stereocenters. The van der Waals surface area contributed by atoms with Crippen molar-refractivity contribution in [2.75, 3.05) is 13.6 Å². The second-order valence-corrected chi connectivity index (χ2v) is 6.47. The molecule has 4 heteroatoms. The summed E-state index contributed by atoms with van der Waals surface area (Å²) in [4.78, 5) is 15.1. The largest absolute Gasteiger partial charge is 0.344 e. The third-order valence-corrected chi connectivity index (χ3v) is 3.79. The molecular formula is C13H22N2OS. The molecule has 0 saturated carbocycles. The van der Waals surface area contributed by atoms with E-state index in [-0.39, 0.29) is 11.3 Å². The van der Waals surface area contributed by atoms with Gasteiger partial charge in [-0.1, -0.05) is 26.8 Å². The maximum atomic E-state index is 12.1. The lowest BCUT2D eigenvalue weighted by atomic mass is 9.86. The number of carbonyl (C=O) groups is 1. The van der Waals surface area contributed by atoms with E-state index in [1.54, 1.807) is 16.2 Å². The van der Waals surface area contributed by atoms with Crippen LogP contribution in [0.5, 0.6) is 0 Å². The molecule has 0 radical (unpaired) electrons. The van der Waals surface area contributed by atoms with Gasteiger partial charge in [-0.3, -0.25) is 4.79 Å². The molecule has 0 aliphatic carbocycles. The van der Waals surface area contributed by atoms with Gasteiger partial charge in [-0.25, -0.2) is 0 Å². The molecule has 1 aromatic heterocycles. The van der Waals surface area contributed by atoms with Crippen LogP contribution < -0.4 is 5.73 Å². The maximum absolute atomic E-state index is 12.1. The molecule has 1 aromatic rings. The number of hydrogen-bond donors (Lipinski definition) is 1. The Kier molecular flexibility index (Phi) is 4.71. The highest BCUT2D eigenvalue weighted by Gasteiger charge is 2.29. The average Bonchev–Trinajstić information content (AvgIpc) is 2.75. The van der Waals surface area contributed by atoms with Crippen molar-refractivity contribution >= 4 is 17.2 Å². The molecule has 1 amide bonds. The normalized spacial score (nSPS) is 13.5. The predicted octanol–water partition coefficient (Wildman–Crippen LogP) is 2.12. The molecule has 1 atom stereocenters. The van der Waals surface area contributed by atoms with Crippen LogP contribution in [-0.4, -0.2) is 30.4 Å². The van der Waals surface area contributed by atoms with Gasteiger partial charge in [0, 0.05) is 18.5 Å². The van der Waals surface area contributed by atoms with E-state index in [9.17, 15) is 4.79 Å². The summed E-state index contributed by atoms with van der Waals surface area (Å²) in [6.45, 7) is 6.69. The van der Waals surface area contributed by atoms with Crippen molar-refractivity contribution in [2.45, 2.75) is 33.2 Å². The highest BCUT2D eigenvalue weighted by Crippen LogP contribution is 2.19. The van der Waals surface area contributed by atoms with Gasteiger partial charge in [0.25, 0.3) is 0 Å². The standard InChI is InChI=1S/C13H22N2OS/c1-13(2,3)11(14)12(16)15(4)8-7-10-6-5-9-17-10/h5-6,9,11H,7-8,14H2,1-4H3/t11-/m0/s1. The Morgan fingerprint density at radius 1 is 1.53 bits per heavy atom. The zero-order valence-electron chi connectivity index (χ0n) is 11.1. The molecule has 2 N–H and O–H groups in total. The van der Waals surface area contributed by atoms with Crippen LogP contribution in [0.1, 0.15) is 25.6 Å². The first-order valence-electron chi connectivity index (χ1n) is 5.85. The molecule has 0 spiro atoms. The van der Waals surface area contributed by atoms with E-state index in [0.29, 0.717) is 0 Å². The van der Waals surface area contributed by atoms with Gasteiger partial charge in [-0.05, 0) is 23.3 Å². The van der Waals surface area contributed by atoms with E-state index in [4.69, 9.17) is 5.73 Å². The van der Waals surface area contributed by atoms with Crippen molar-refractivity contribution < 1.29 is 4.79 Å². The van der Waals surface area contributed by atoms with E-state index in [1.165, 1.54) is 4.88 Å². The third kappa shape index (κ3) is 4.13. The lowest BCUT2D eigenvalue weighted by Crippen LogP contribution is -2.49. The topological polar surface area (TPSA) is 46.3 Å². The van der Waals surface area contributed by atoms with Gasteiger partial charge in [0.1, 0.15) is 0 Å². The van der Waals surface area contributed by atoms with Crippen LogP contribution in [0.3, 0.4) is 0 Å². The lowest BCUT2D eigenvalue weighted by molar-refractivity contribution is -0.133. The number of rotatable bonds is 4. The molecule has 0 aliphatic rings. The smallest absolute Gasteiger partial charge is 0.239 e. The molecule has 1 heterocycles. The van der Waals surface area contributed by atoms with Gasteiger partial charge >= 0.3 is 0 Å². The monoisotopic (exact) mass is 254 g/mol. The first-order chi connectivity index (χ1) is 7.82. The van der Waals surface area contributed by atoms with Gasteiger partial charge in [0.2, 0.25) is 5.91 Å². The van der Waals surface area contributed by atoms with Crippen molar-refractivity contribution in [3.8, 4) is 0 Å². The maximum Gasteiger partial charge on any atom is 0.239 e. The fourth-order valence-corrected chi connectivity index (χ4v) is 2.15. The number of nitrogens with two attached hydrogens (primary N) is 1. The summed E-state index contributed by atoms with van der Waals surface area (Å²) in [5.41, 5.74) is 5.77. The van der Waals surface area contributed by atoms with Crippen LogP contribution >= 0.6 is 11.3 Å². The first-order valence-corrected chi connectivity index (χ1v) is 6.73. The highest BCUT2D eigenvalue weighted by molar-refractivity contribution is 7.09. The van der Waals surface area contributed by atoms with E-state index in [1.807, 2.05) is 33.9 Å². The second-order valence-electron chi connectivity index (χ2n) is 5.43. The quantitative estimate of drug-likeness (QED) is 0.894. The molecule has 96 valence electrons. The van der Waals surface area contributed by atoms with Crippen LogP contribution in [0.15, 0.2) is 17.5 Å². The van der Waals surface area contributed by atoms with E-state index in [2.05, 4.69) is 11.4 Å². The van der Waals surface area contributed by atoms with Crippen LogP contribution in [0.4, 0.5) is 0 Å². The molecule has 0 aliphatic heterocycles.